The van der Waals surface area contributed by atoms with Gasteiger partial charge in [-0.25, -0.2) is 18.0 Å². The molecule has 14 heteroatoms. The van der Waals surface area contributed by atoms with E-state index in [1.165, 1.54) is 39.3 Å². The normalized spacial score (nSPS) is 16.8. The van der Waals surface area contributed by atoms with Gasteiger partial charge in [0.15, 0.2) is 11.5 Å². The molecule has 1 fully saturated rings. The first kappa shape index (κ1) is 27.5. The van der Waals surface area contributed by atoms with Crippen LogP contribution in [0.15, 0.2) is 24.5 Å². The molecule has 3 aromatic heterocycles. The number of anilines is 1. The van der Waals surface area contributed by atoms with E-state index in [-0.39, 0.29) is 40.6 Å². The fourth-order valence-electron chi connectivity index (χ4n) is 4.97. The average Bonchev–Trinajstić information content (AvgIpc) is 3.29. The Kier molecular flexibility index (Phi) is 7.74. The Balaban J connectivity index is 1.81. The lowest BCUT2D eigenvalue weighted by Crippen LogP contribution is -2.48. The highest BCUT2D eigenvalue weighted by atomic mass is 32.2. The zero-order chi connectivity index (χ0) is 27.7. The Morgan fingerprint density at radius 1 is 1.03 bits per heavy atom. The summed E-state index contributed by atoms with van der Waals surface area (Å²) in [5.74, 6) is 0.749. The zero-order valence-electron chi connectivity index (χ0n) is 22.5. The van der Waals surface area contributed by atoms with Crippen molar-refractivity contribution < 1.29 is 27.4 Å². The van der Waals surface area contributed by atoms with Gasteiger partial charge in [0.25, 0.3) is 0 Å². The number of methoxy groups -OCH3 is 4. The van der Waals surface area contributed by atoms with Crippen LogP contribution in [-0.2, 0) is 14.8 Å². The molecule has 3 aromatic rings. The van der Waals surface area contributed by atoms with Gasteiger partial charge in [0, 0.05) is 13.2 Å². The molecule has 0 aliphatic heterocycles. The van der Waals surface area contributed by atoms with E-state index in [0.717, 1.165) is 12.8 Å². The van der Waals surface area contributed by atoms with Gasteiger partial charge in [0.05, 0.1) is 27.4 Å². The maximum atomic E-state index is 13.6. The Morgan fingerprint density at radius 2 is 1.68 bits per heavy atom. The van der Waals surface area contributed by atoms with Crippen molar-refractivity contribution in [2.75, 3.05) is 33.2 Å². The molecule has 1 aliphatic carbocycles. The molecule has 1 saturated carbocycles. The van der Waals surface area contributed by atoms with Crippen molar-refractivity contribution in [1.82, 2.24) is 29.7 Å². The Morgan fingerprint density at radius 3 is 2.24 bits per heavy atom. The lowest BCUT2D eigenvalue weighted by Gasteiger charge is -2.47. The van der Waals surface area contributed by atoms with E-state index in [4.69, 9.17) is 18.9 Å². The van der Waals surface area contributed by atoms with Crippen LogP contribution in [0.3, 0.4) is 0 Å². The number of hydrogen-bond acceptors (Lipinski definition) is 11. The standard InChI is InChI=1S/C24H33N7O6S/c1-14(19(35-5)15-11-24(2,3)12-15)38(32,33)30-23-29-28-20(16-9-8-10-17(27-16)34-4)31(23)18-21(36-6)25-13-26-22(18)37-7/h8-10,13-15,19H,11-12H2,1-7H3,(H,29,30)/t14-,19+/m0/s1. The molecule has 0 radical (unpaired) electrons. The molecule has 0 bridgehead atoms. The van der Waals surface area contributed by atoms with Crippen LogP contribution in [0.5, 0.6) is 17.6 Å². The topological polar surface area (TPSA) is 152 Å². The fraction of sp³-hybridized carbons (Fsp3) is 0.542. The molecule has 13 nitrogen and oxygen atoms in total. The van der Waals surface area contributed by atoms with Crippen LogP contribution in [0.4, 0.5) is 5.95 Å². The van der Waals surface area contributed by atoms with E-state index in [2.05, 4.69) is 43.7 Å². The van der Waals surface area contributed by atoms with E-state index in [1.807, 2.05) is 0 Å². The van der Waals surface area contributed by atoms with E-state index in [1.54, 1.807) is 25.1 Å². The zero-order valence-corrected chi connectivity index (χ0v) is 23.3. The van der Waals surface area contributed by atoms with Gasteiger partial charge >= 0.3 is 0 Å². The fourth-order valence-corrected chi connectivity index (χ4v) is 6.23. The average molecular weight is 548 g/mol. The van der Waals surface area contributed by atoms with Gasteiger partial charge in [0.1, 0.15) is 17.3 Å². The first-order valence-corrected chi connectivity index (χ1v) is 13.5. The molecular formula is C24H33N7O6S. The maximum Gasteiger partial charge on any atom is 0.245 e. The Labute approximate surface area is 222 Å². The monoisotopic (exact) mass is 547 g/mol. The first-order valence-electron chi connectivity index (χ1n) is 12.0. The first-order chi connectivity index (χ1) is 18.0. The van der Waals surface area contributed by atoms with Crippen LogP contribution in [0.25, 0.3) is 17.2 Å². The Bertz CT molecular complexity index is 1360. The molecule has 0 spiro atoms. The largest absolute Gasteiger partial charge is 0.481 e. The van der Waals surface area contributed by atoms with Gasteiger partial charge < -0.3 is 18.9 Å². The molecule has 206 valence electrons. The second kappa shape index (κ2) is 10.7. The van der Waals surface area contributed by atoms with Crippen LogP contribution in [0.1, 0.15) is 33.6 Å². The number of hydrogen-bond donors (Lipinski definition) is 1. The smallest absolute Gasteiger partial charge is 0.245 e. The Hall–Kier alpha value is -3.52. The van der Waals surface area contributed by atoms with Crippen molar-refractivity contribution in [3.05, 3.63) is 24.5 Å². The predicted molar refractivity (Wildman–Crippen MR) is 139 cm³/mol. The van der Waals surface area contributed by atoms with E-state index < -0.39 is 21.4 Å². The van der Waals surface area contributed by atoms with Gasteiger partial charge in [-0.1, -0.05) is 19.9 Å². The minimum absolute atomic E-state index is 0.112. The molecule has 1 N–H and O–H groups in total. The van der Waals surface area contributed by atoms with Crippen LogP contribution in [0, 0.1) is 11.3 Å². The van der Waals surface area contributed by atoms with Crippen LogP contribution in [0.2, 0.25) is 0 Å². The van der Waals surface area contributed by atoms with Gasteiger partial charge in [-0.3, -0.25) is 4.72 Å². The molecule has 0 aromatic carbocycles. The summed E-state index contributed by atoms with van der Waals surface area (Å²) in [5, 5.41) is 7.53. The van der Waals surface area contributed by atoms with Crippen LogP contribution < -0.4 is 18.9 Å². The van der Waals surface area contributed by atoms with Crippen molar-refractivity contribution in [3.8, 4) is 34.8 Å². The van der Waals surface area contributed by atoms with Gasteiger partial charge in [-0.15, -0.1) is 10.2 Å². The number of nitrogens with one attached hydrogen (secondary N) is 1. The summed E-state index contributed by atoms with van der Waals surface area (Å²) in [5.41, 5.74) is 0.712. The number of pyridine rings is 1. The molecule has 0 unspecified atom stereocenters. The second-order valence-electron chi connectivity index (χ2n) is 9.87. The molecule has 1 aliphatic rings. The summed E-state index contributed by atoms with van der Waals surface area (Å²) in [6.45, 7) is 5.94. The quantitative estimate of drug-likeness (QED) is 0.377. The number of ether oxygens (including phenoxy) is 4. The minimum Gasteiger partial charge on any atom is -0.481 e. The molecule has 38 heavy (non-hydrogen) atoms. The summed E-state index contributed by atoms with van der Waals surface area (Å²) in [6, 6.07) is 5.09. The number of nitrogens with zero attached hydrogens (tertiary/aromatic N) is 6. The molecule has 0 amide bonds. The van der Waals surface area contributed by atoms with Crippen molar-refractivity contribution in [3.63, 3.8) is 0 Å². The molecule has 3 heterocycles. The van der Waals surface area contributed by atoms with Crippen LogP contribution in [-0.4, -0.2) is 77.9 Å². The molecule has 4 rings (SSSR count). The highest BCUT2D eigenvalue weighted by Gasteiger charge is 2.45. The molecule has 2 atom stereocenters. The molecular weight excluding hydrogens is 514 g/mol. The summed E-state index contributed by atoms with van der Waals surface area (Å²) in [4.78, 5) is 12.8. The highest BCUT2D eigenvalue weighted by Crippen LogP contribution is 2.48. The van der Waals surface area contributed by atoms with E-state index >= 15 is 0 Å². The van der Waals surface area contributed by atoms with Crippen LogP contribution >= 0.6 is 0 Å². The van der Waals surface area contributed by atoms with Crippen molar-refractivity contribution in [1.29, 1.82) is 0 Å². The number of rotatable bonds is 11. The SMILES string of the molecule is COc1cccc(-c2nnc(NS(=O)(=O)[C@@H](C)[C@@H](OC)C3CC(C)(C)C3)n2-c2c(OC)ncnc2OC)n1. The van der Waals surface area contributed by atoms with Gasteiger partial charge in [-0.2, -0.15) is 9.97 Å². The highest BCUT2D eigenvalue weighted by molar-refractivity contribution is 7.93. The minimum atomic E-state index is -4.00. The number of aromatic nitrogens is 6. The summed E-state index contributed by atoms with van der Waals surface area (Å²) in [7, 11) is 1.88. The molecule has 0 saturated heterocycles. The van der Waals surface area contributed by atoms with E-state index in [9.17, 15) is 8.42 Å². The van der Waals surface area contributed by atoms with Gasteiger partial charge in [0.2, 0.25) is 33.6 Å². The predicted octanol–water partition coefficient (Wildman–Crippen LogP) is 2.73. The third-order valence-electron chi connectivity index (χ3n) is 6.74. The maximum absolute atomic E-state index is 13.6. The third kappa shape index (κ3) is 5.23. The second-order valence-corrected chi connectivity index (χ2v) is 11.9. The third-order valence-corrected chi connectivity index (χ3v) is 8.46. The summed E-state index contributed by atoms with van der Waals surface area (Å²) >= 11 is 0. The van der Waals surface area contributed by atoms with E-state index in [0.29, 0.717) is 11.6 Å². The lowest BCUT2D eigenvalue weighted by molar-refractivity contribution is -0.0367. The van der Waals surface area contributed by atoms with Crippen molar-refractivity contribution in [2.24, 2.45) is 11.3 Å². The number of sulfonamides is 1. The summed E-state index contributed by atoms with van der Waals surface area (Å²) in [6.07, 6.45) is 2.52. The van der Waals surface area contributed by atoms with Crippen molar-refractivity contribution >= 4 is 16.0 Å². The lowest BCUT2D eigenvalue weighted by atomic mass is 9.62. The summed E-state index contributed by atoms with van der Waals surface area (Å²) < 4.78 is 53.1. The van der Waals surface area contributed by atoms with Crippen molar-refractivity contribution in [2.45, 2.75) is 45.0 Å². The van der Waals surface area contributed by atoms with Gasteiger partial charge in [-0.05, 0) is 37.2 Å².